The van der Waals surface area contributed by atoms with Gasteiger partial charge in [-0.2, -0.15) is 4.99 Å². The van der Waals surface area contributed by atoms with E-state index in [4.69, 9.17) is 5.11 Å². The first-order chi connectivity index (χ1) is 5.75. The summed E-state index contributed by atoms with van der Waals surface area (Å²) in [6.45, 7) is 0. The van der Waals surface area contributed by atoms with Crippen molar-refractivity contribution in [2.45, 2.75) is 7.43 Å². The summed E-state index contributed by atoms with van der Waals surface area (Å²) >= 11 is 0. The highest BCUT2D eigenvalue weighted by Gasteiger charge is 2.06. The molecule has 0 aliphatic heterocycles. The minimum Gasteiger partial charge on any atom is -0.478 e. The second-order valence-electron chi connectivity index (χ2n) is 2.03. The quantitative estimate of drug-likeness (QED) is 0.557. The van der Waals surface area contributed by atoms with Crippen LogP contribution >= 0.6 is 0 Å². The molecule has 0 spiro atoms. The van der Waals surface area contributed by atoms with Crippen molar-refractivity contribution in [1.82, 2.24) is 0 Å². The van der Waals surface area contributed by atoms with Gasteiger partial charge in [-0.25, -0.2) is 9.59 Å². The van der Waals surface area contributed by atoms with Gasteiger partial charge in [0.15, 0.2) is 0 Å². The van der Waals surface area contributed by atoms with Gasteiger partial charge in [0.05, 0.1) is 11.3 Å². The van der Waals surface area contributed by atoms with Gasteiger partial charge in [-0.1, -0.05) is 19.6 Å². The van der Waals surface area contributed by atoms with E-state index < -0.39 is 5.97 Å². The standard InChI is InChI=1S/C8H5NO3.CH4/c10-5-9-7-4-2-1-3-6(7)8(11)12;/h1-4H,(H,11,12);1H4. The maximum absolute atomic E-state index is 10.5. The van der Waals surface area contributed by atoms with E-state index in [2.05, 4.69) is 4.99 Å². The second kappa shape index (κ2) is 4.85. The van der Waals surface area contributed by atoms with Crippen LogP contribution in [0.3, 0.4) is 0 Å². The number of benzene rings is 1. The minimum atomic E-state index is -1.11. The Bertz CT molecular complexity index is 333. The molecule has 0 saturated carbocycles. The summed E-state index contributed by atoms with van der Waals surface area (Å²) in [4.78, 5) is 23.6. The fourth-order valence-corrected chi connectivity index (χ4v) is 0.801. The third kappa shape index (κ3) is 2.54. The highest BCUT2D eigenvalue weighted by molar-refractivity contribution is 5.93. The van der Waals surface area contributed by atoms with Gasteiger partial charge in [0.1, 0.15) is 0 Å². The van der Waals surface area contributed by atoms with E-state index in [1.807, 2.05) is 0 Å². The van der Waals surface area contributed by atoms with Gasteiger partial charge >= 0.3 is 5.97 Å². The lowest BCUT2D eigenvalue weighted by Gasteiger charge is -1.95. The van der Waals surface area contributed by atoms with Gasteiger partial charge in [0, 0.05) is 0 Å². The first-order valence-corrected chi connectivity index (χ1v) is 3.16. The van der Waals surface area contributed by atoms with E-state index in [1.54, 1.807) is 12.1 Å². The lowest BCUT2D eigenvalue weighted by molar-refractivity contribution is 0.0698. The van der Waals surface area contributed by atoms with E-state index >= 15 is 0 Å². The molecule has 13 heavy (non-hydrogen) atoms. The number of isocyanates is 1. The van der Waals surface area contributed by atoms with Crippen molar-refractivity contribution < 1.29 is 14.7 Å². The average molecular weight is 179 g/mol. The van der Waals surface area contributed by atoms with Crippen LogP contribution in [0, 0.1) is 0 Å². The molecule has 0 aromatic heterocycles. The number of aliphatic imine (C=N–C) groups is 1. The number of aromatic carboxylic acids is 1. The van der Waals surface area contributed by atoms with Crippen molar-refractivity contribution in [2.75, 3.05) is 0 Å². The third-order valence-electron chi connectivity index (χ3n) is 1.30. The molecule has 1 N–H and O–H groups in total. The molecule has 0 aliphatic carbocycles. The molecule has 0 bridgehead atoms. The molecule has 0 amide bonds. The van der Waals surface area contributed by atoms with E-state index in [-0.39, 0.29) is 18.7 Å². The van der Waals surface area contributed by atoms with E-state index in [0.717, 1.165) is 0 Å². The monoisotopic (exact) mass is 179 g/mol. The van der Waals surface area contributed by atoms with Gasteiger partial charge in [0.25, 0.3) is 0 Å². The fraction of sp³-hybridized carbons (Fsp3) is 0.111. The number of carbonyl (C=O) groups excluding carboxylic acids is 1. The molecule has 0 radical (unpaired) electrons. The number of hydrogen-bond donors (Lipinski definition) is 1. The molecule has 0 atom stereocenters. The van der Waals surface area contributed by atoms with Gasteiger partial charge < -0.3 is 5.11 Å². The number of carboxylic acid groups (broad SMARTS) is 1. The van der Waals surface area contributed by atoms with Crippen LogP contribution in [0.15, 0.2) is 29.3 Å². The predicted octanol–water partition coefficient (Wildman–Crippen LogP) is 1.99. The Labute approximate surface area is 75.5 Å². The Kier molecular flexibility index (Phi) is 4.13. The maximum atomic E-state index is 10.5. The first kappa shape index (κ1) is 11.1. The summed E-state index contributed by atoms with van der Waals surface area (Å²) in [7, 11) is 0. The largest absolute Gasteiger partial charge is 0.478 e. The van der Waals surface area contributed by atoms with Crippen molar-refractivity contribution >= 4 is 17.7 Å². The van der Waals surface area contributed by atoms with Crippen LogP contribution in [-0.2, 0) is 4.79 Å². The van der Waals surface area contributed by atoms with Crippen LogP contribution in [0.2, 0.25) is 0 Å². The number of hydrogen-bond acceptors (Lipinski definition) is 3. The van der Waals surface area contributed by atoms with Crippen LogP contribution in [0.1, 0.15) is 17.8 Å². The Hall–Kier alpha value is -1.93. The Morgan fingerprint density at radius 2 is 2.00 bits per heavy atom. The molecular weight excluding hydrogens is 170 g/mol. The Morgan fingerprint density at radius 1 is 1.38 bits per heavy atom. The number of carbonyl (C=O) groups is 1. The number of nitrogens with zero attached hydrogens (tertiary/aromatic N) is 1. The molecular formula is C9H9NO3. The van der Waals surface area contributed by atoms with Crippen molar-refractivity contribution in [3.05, 3.63) is 29.8 Å². The summed E-state index contributed by atoms with van der Waals surface area (Å²) in [6, 6.07) is 5.97. The first-order valence-electron chi connectivity index (χ1n) is 3.16. The summed E-state index contributed by atoms with van der Waals surface area (Å²) in [5.41, 5.74) is 0.126. The summed E-state index contributed by atoms with van der Waals surface area (Å²) < 4.78 is 0. The van der Waals surface area contributed by atoms with E-state index in [0.29, 0.717) is 0 Å². The molecule has 0 saturated heterocycles. The Balaban J connectivity index is 0.00000144. The van der Waals surface area contributed by atoms with Gasteiger partial charge in [-0.3, -0.25) is 0 Å². The van der Waals surface area contributed by atoms with Crippen LogP contribution in [0.25, 0.3) is 0 Å². The lowest BCUT2D eigenvalue weighted by atomic mass is 10.2. The zero-order chi connectivity index (χ0) is 8.97. The maximum Gasteiger partial charge on any atom is 0.337 e. The topological polar surface area (TPSA) is 66.7 Å². The summed E-state index contributed by atoms with van der Waals surface area (Å²) in [5.74, 6) is -1.11. The molecule has 4 heteroatoms. The molecule has 1 aromatic carbocycles. The highest BCUT2D eigenvalue weighted by atomic mass is 16.4. The highest BCUT2D eigenvalue weighted by Crippen LogP contribution is 2.17. The number of carboxylic acids is 1. The lowest BCUT2D eigenvalue weighted by Crippen LogP contribution is -1.95. The average Bonchev–Trinajstić information content (AvgIpc) is 2.05. The smallest absolute Gasteiger partial charge is 0.337 e. The third-order valence-corrected chi connectivity index (χ3v) is 1.30. The fourth-order valence-electron chi connectivity index (χ4n) is 0.801. The number of para-hydroxylation sites is 1. The molecule has 0 heterocycles. The molecule has 1 aromatic rings. The summed E-state index contributed by atoms with van der Waals surface area (Å²) in [5, 5.41) is 8.60. The minimum absolute atomic E-state index is 0. The second-order valence-corrected chi connectivity index (χ2v) is 2.03. The van der Waals surface area contributed by atoms with Gasteiger partial charge in [0.2, 0.25) is 6.08 Å². The molecule has 0 aliphatic rings. The number of rotatable bonds is 2. The molecule has 68 valence electrons. The zero-order valence-electron chi connectivity index (χ0n) is 6.02. The normalized spacial score (nSPS) is 8.00. The zero-order valence-corrected chi connectivity index (χ0v) is 6.02. The van der Waals surface area contributed by atoms with E-state index in [9.17, 15) is 9.59 Å². The van der Waals surface area contributed by atoms with Gasteiger partial charge in [-0.05, 0) is 12.1 Å². The molecule has 1 rings (SSSR count). The molecule has 4 nitrogen and oxygen atoms in total. The van der Waals surface area contributed by atoms with Crippen molar-refractivity contribution in [1.29, 1.82) is 0 Å². The van der Waals surface area contributed by atoms with Crippen molar-refractivity contribution in [2.24, 2.45) is 4.99 Å². The molecule has 0 fully saturated rings. The van der Waals surface area contributed by atoms with Crippen LogP contribution in [-0.4, -0.2) is 17.2 Å². The Morgan fingerprint density at radius 3 is 2.54 bits per heavy atom. The predicted molar refractivity (Wildman–Crippen MR) is 47.9 cm³/mol. The van der Waals surface area contributed by atoms with Crippen molar-refractivity contribution in [3.63, 3.8) is 0 Å². The SMILES string of the molecule is C.O=C=Nc1ccccc1C(=O)O. The van der Waals surface area contributed by atoms with E-state index in [1.165, 1.54) is 18.2 Å². The van der Waals surface area contributed by atoms with Crippen LogP contribution < -0.4 is 0 Å². The van der Waals surface area contributed by atoms with Crippen LogP contribution in [0.4, 0.5) is 5.69 Å². The van der Waals surface area contributed by atoms with Crippen molar-refractivity contribution in [3.8, 4) is 0 Å². The van der Waals surface area contributed by atoms with Crippen LogP contribution in [0.5, 0.6) is 0 Å². The molecule has 0 unspecified atom stereocenters. The van der Waals surface area contributed by atoms with Gasteiger partial charge in [-0.15, -0.1) is 0 Å². The summed E-state index contributed by atoms with van der Waals surface area (Å²) in [6.07, 6.45) is 1.29.